The van der Waals surface area contributed by atoms with Crippen LogP contribution >= 0.6 is 11.3 Å². The predicted molar refractivity (Wildman–Crippen MR) is 77.3 cm³/mol. The smallest absolute Gasteiger partial charge is 0.265 e. The molecule has 4 nitrogen and oxygen atoms in total. The Labute approximate surface area is 121 Å². The van der Waals surface area contributed by atoms with E-state index in [2.05, 4.69) is 0 Å². The van der Waals surface area contributed by atoms with E-state index in [0.29, 0.717) is 17.0 Å². The number of rotatable bonds is 5. The number of nitriles is 1. The fourth-order valence-corrected chi connectivity index (χ4v) is 2.69. The van der Waals surface area contributed by atoms with E-state index in [0.717, 1.165) is 5.56 Å². The van der Waals surface area contributed by atoms with Crippen molar-refractivity contribution in [1.82, 2.24) is 4.90 Å². The molecule has 0 unspecified atom stereocenters. The number of hydrogen-bond acceptors (Lipinski definition) is 4. The highest BCUT2D eigenvalue weighted by Gasteiger charge is 2.20. The summed E-state index contributed by atoms with van der Waals surface area (Å²) in [5.41, 5.74) is 1.38. The van der Waals surface area contributed by atoms with Gasteiger partial charge in [-0.3, -0.25) is 4.79 Å². The zero-order chi connectivity index (χ0) is 14.4. The van der Waals surface area contributed by atoms with Gasteiger partial charge in [-0.25, -0.2) is 0 Å². The lowest BCUT2D eigenvalue weighted by atomic mass is 10.2. The maximum Gasteiger partial charge on any atom is 0.265 e. The maximum atomic E-state index is 12.5. The van der Waals surface area contributed by atoms with Gasteiger partial charge in [0.1, 0.15) is 10.9 Å². The first kappa shape index (κ1) is 14.3. The summed E-state index contributed by atoms with van der Waals surface area (Å²) in [6.07, 6.45) is 0. The molecule has 102 valence electrons. The monoisotopic (exact) mass is 286 g/mol. The summed E-state index contributed by atoms with van der Waals surface area (Å²) < 4.78 is 0. The zero-order valence-corrected chi connectivity index (χ0v) is 11.6. The number of nitrogens with zero attached hydrogens (tertiary/aromatic N) is 2. The van der Waals surface area contributed by atoms with E-state index >= 15 is 0 Å². The summed E-state index contributed by atoms with van der Waals surface area (Å²) in [5, 5.41) is 19.9. The summed E-state index contributed by atoms with van der Waals surface area (Å²) in [7, 11) is 0. The summed E-state index contributed by atoms with van der Waals surface area (Å²) in [4.78, 5) is 14.4. The fraction of sp³-hybridized carbons (Fsp3) is 0.200. The molecule has 0 atom stereocenters. The molecule has 0 aliphatic rings. The van der Waals surface area contributed by atoms with Crippen LogP contribution in [-0.2, 0) is 6.54 Å². The van der Waals surface area contributed by atoms with Gasteiger partial charge in [-0.2, -0.15) is 5.26 Å². The Bertz CT molecular complexity index is 616. The van der Waals surface area contributed by atoms with Crippen LogP contribution in [0.25, 0.3) is 0 Å². The number of carbonyl (C=O) groups excluding carboxylic acids is 1. The van der Waals surface area contributed by atoms with E-state index in [9.17, 15) is 4.79 Å². The van der Waals surface area contributed by atoms with Crippen LogP contribution in [0.3, 0.4) is 0 Å². The highest BCUT2D eigenvalue weighted by molar-refractivity contribution is 7.12. The molecule has 2 rings (SSSR count). The SMILES string of the molecule is N#Cc1ccsc1C(=O)N(CCO)Cc1ccccc1. The fourth-order valence-electron chi connectivity index (χ4n) is 1.88. The normalized spacial score (nSPS) is 10.0. The van der Waals surface area contributed by atoms with E-state index in [1.165, 1.54) is 11.3 Å². The molecule has 0 fully saturated rings. The molecule has 20 heavy (non-hydrogen) atoms. The minimum absolute atomic E-state index is 0.105. The zero-order valence-electron chi connectivity index (χ0n) is 10.8. The van der Waals surface area contributed by atoms with E-state index in [1.807, 2.05) is 36.4 Å². The molecule has 0 aliphatic heterocycles. The van der Waals surface area contributed by atoms with Crippen molar-refractivity contribution in [3.8, 4) is 6.07 Å². The molecular weight excluding hydrogens is 272 g/mol. The molecule has 0 aliphatic carbocycles. The van der Waals surface area contributed by atoms with Gasteiger partial charge in [-0.15, -0.1) is 11.3 Å². The van der Waals surface area contributed by atoms with Crippen LogP contribution in [0, 0.1) is 11.3 Å². The van der Waals surface area contributed by atoms with Crippen molar-refractivity contribution in [2.24, 2.45) is 0 Å². The molecule has 0 saturated carbocycles. The van der Waals surface area contributed by atoms with Crippen molar-refractivity contribution in [3.63, 3.8) is 0 Å². The van der Waals surface area contributed by atoms with Gasteiger partial charge in [0.05, 0.1) is 12.2 Å². The Hall–Kier alpha value is -2.16. The lowest BCUT2D eigenvalue weighted by Crippen LogP contribution is -2.33. The largest absolute Gasteiger partial charge is 0.395 e. The van der Waals surface area contributed by atoms with Crippen LogP contribution < -0.4 is 0 Å². The Morgan fingerprint density at radius 3 is 2.70 bits per heavy atom. The van der Waals surface area contributed by atoms with Gasteiger partial charge in [-0.1, -0.05) is 30.3 Å². The number of aliphatic hydroxyl groups is 1. The van der Waals surface area contributed by atoms with Crippen molar-refractivity contribution in [3.05, 3.63) is 57.8 Å². The second-order valence-corrected chi connectivity index (χ2v) is 5.13. The molecule has 0 spiro atoms. The standard InChI is InChI=1S/C15H14N2O2S/c16-10-13-6-9-20-14(13)15(19)17(7-8-18)11-12-4-2-1-3-5-12/h1-6,9,18H,7-8,11H2. The van der Waals surface area contributed by atoms with Crippen molar-refractivity contribution in [2.45, 2.75) is 6.54 Å². The lowest BCUT2D eigenvalue weighted by molar-refractivity contribution is 0.0712. The molecule has 0 saturated heterocycles. The summed E-state index contributed by atoms with van der Waals surface area (Å²) >= 11 is 1.25. The van der Waals surface area contributed by atoms with E-state index in [-0.39, 0.29) is 19.1 Å². The Morgan fingerprint density at radius 1 is 1.30 bits per heavy atom. The highest BCUT2D eigenvalue weighted by Crippen LogP contribution is 2.19. The molecule has 1 amide bonds. The van der Waals surface area contributed by atoms with Gasteiger partial charge in [0.15, 0.2) is 0 Å². The van der Waals surface area contributed by atoms with E-state index in [4.69, 9.17) is 10.4 Å². The molecule has 0 radical (unpaired) electrons. The first-order valence-corrected chi connectivity index (χ1v) is 7.06. The number of benzene rings is 1. The first-order chi connectivity index (χ1) is 9.76. The van der Waals surface area contributed by atoms with Gasteiger partial charge in [0.2, 0.25) is 0 Å². The number of thiophene rings is 1. The third kappa shape index (κ3) is 3.23. The van der Waals surface area contributed by atoms with E-state index in [1.54, 1.807) is 16.3 Å². The molecule has 1 aromatic carbocycles. The van der Waals surface area contributed by atoms with Crippen LogP contribution in [0.1, 0.15) is 20.8 Å². The molecule has 1 aromatic heterocycles. The van der Waals surface area contributed by atoms with Crippen molar-refractivity contribution >= 4 is 17.2 Å². The summed E-state index contributed by atoms with van der Waals surface area (Å²) in [5.74, 6) is -0.213. The van der Waals surface area contributed by atoms with Gasteiger partial charge < -0.3 is 10.0 Å². The maximum absolute atomic E-state index is 12.5. The second-order valence-electron chi connectivity index (χ2n) is 4.21. The molecule has 1 heterocycles. The molecule has 0 bridgehead atoms. The Kier molecular flexibility index (Phi) is 4.88. The molecule has 1 N–H and O–H groups in total. The molecular formula is C15H14N2O2S. The third-order valence-electron chi connectivity index (χ3n) is 2.85. The summed E-state index contributed by atoms with van der Waals surface area (Å²) in [6.45, 7) is 0.561. The van der Waals surface area contributed by atoms with Crippen molar-refractivity contribution < 1.29 is 9.90 Å². The number of amides is 1. The van der Waals surface area contributed by atoms with Gasteiger partial charge >= 0.3 is 0 Å². The van der Waals surface area contributed by atoms with Crippen molar-refractivity contribution in [2.75, 3.05) is 13.2 Å². The van der Waals surface area contributed by atoms with Gasteiger partial charge in [-0.05, 0) is 17.0 Å². The quantitative estimate of drug-likeness (QED) is 0.917. The predicted octanol–water partition coefficient (Wildman–Crippen LogP) is 2.25. The topological polar surface area (TPSA) is 64.3 Å². The van der Waals surface area contributed by atoms with Gasteiger partial charge in [0.25, 0.3) is 5.91 Å². The number of aliphatic hydroxyl groups excluding tert-OH is 1. The van der Waals surface area contributed by atoms with Crippen LogP contribution in [-0.4, -0.2) is 29.1 Å². The average Bonchev–Trinajstić information content (AvgIpc) is 2.95. The van der Waals surface area contributed by atoms with Crippen molar-refractivity contribution in [1.29, 1.82) is 5.26 Å². The number of carbonyl (C=O) groups is 1. The third-order valence-corrected chi connectivity index (χ3v) is 3.76. The minimum atomic E-state index is -0.213. The van der Waals surface area contributed by atoms with Crippen LogP contribution in [0.15, 0.2) is 41.8 Å². The molecule has 2 aromatic rings. The van der Waals surface area contributed by atoms with Gasteiger partial charge in [0, 0.05) is 13.1 Å². The Morgan fingerprint density at radius 2 is 2.05 bits per heavy atom. The number of hydrogen-bond donors (Lipinski definition) is 1. The van der Waals surface area contributed by atoms with E-state index < -0.39 is 0 Å². The lowest BCUT2D eigenvalue weighted by Gasteiger charge is -2.21. The van der Waals surface area contributed by atoms with Crippen LogP contribution in [0.5, 0.6) is 0 Å². The van der Waals surface area contributed by atoms with Crippen LogP contribution in [0.2, 0.25) is 0 Å². The van der Waals surface area contributed by atoms with Crippen LogP contribution in [0.4, 0.5) is 0 Å². The first-order valence-electron chi connectivity index (χ1n) is 6.18. The Balaban J connectivity index is 2.20. The molecule has 5 heteroatoms. The highest BCUT2D eigenvalue weighted by atomic mass is 32.1. The second kappa shape index (κ2) is 6.85. The summed E-state index contributed by atoms with van der Waals surface area (Å²) in [6, 6.07) is 13.2. The minimum Gasteiger partial charge on any atom is -0.395 e. The average molecular weight is 286 g/mol.